The molecule has 102 valence electrons. The van der Waals surface area contributed by atoms with E-state index in [1.165, 1.54) is 11.6 Å². The molecule has 3 rings (SSSR count). The predicted octanol–water partition coefficient (Wildman–Crippen LogP) is 2.61. The number of hydrogen-bond donors (Lipinski definition) is 1. The van der Waals surface area contributed by atoms with E-state index < -0.39 is 5.97 Å². The molecule has 0 radical (unpaired) electrons. The maximum Gasteiger partial charge on any atom is 0.307 e. The van der Waals surface area contributed by atoms with Crippen molar-refractivity contribution in [1.29, 1.82) is 0 Å². The molecule has 1 N–H and O–H groups in total. The van der Waals surface area contributed by atoms with E-state index in [0.717, 1.165) is 37.8 Å². The fraction of sp³-hybridized carbons (Fsp3) is 0.533. The van der Waals surface area contributed by atoms with E-state index >= 15 is 0 Å². The van der Waals surface area contributed by atoms with Gasteiger partial charge in [-0.15, -0.1) is 0 Å². The summed E-state index contributed by atoms with van der Waals surface area (Å²) in [6, 6.07) is 5.20. The van der Waals surface area contributed by atoms with Gasteiger partial charge in [0, 0.05) is 12.6 Å². The minimum absolute atomic E-state index is 0.197. The van der Waals surface area contributed by atoms with Crippen LogP contribution in [0.5, 0.6) is 0 Å². The van der Waals surface area contributed by atoms with E-state index in [1.807, 2.05) is 6.07 Å². The monoisotopic (exact) mass is 263 g/mol. The number of hydrogen-bond acceptors (Lipinski definition) is 2. The molecule has 0 bridgehead atoms. The first-order chi connectivity index (χ1) is 9.15. The number of fused-ring (bicyclic) bond motifs is 1. The molecule has 2 aliphatic rings. The van der Waals surface area contributed by atoms with Gasteiger partial charge in [0.25, 0.3) is 0 Å². The van der Waals surface area contributed by atoms with Crippen molar-refractivity contribution in [3.8, 4) is 0 Å². The first-order valence-corrected chi connectivity index (χ1v) is 6.90. The van der Waals surface area contributed by atoms with Gasteiger partial charge in [0.2, 0.25) is 0 Å². The molecular formula is C15H18FNO2. The Balaban J connectivity index is 1.81. The van der Waals surface area contributed by atoms with Gasteiger partial charge >= 0.3 is 5.97 Å². The Hall–Kier alpha value is -1.42. The Bertz CT molecular complexity index is 503. The molecule has 19 heavy (non-hydrogen) atoms. The number of rotatable bonds is 2. The van der Waals surface area contributed by atoms with Gasteiger partial charge in [0.1, 0.15) is 5.82 Å². The second-order valence-corrected chi connectivity index (χ2v) is 5.57. The van der Waals surface area contributed by atoms with Crippen LogP contribution in [0.1, 0.15) is 36.4 Å². The third kappa shape index (κ3) is 2.37. The summed E-state index contributed by atoms with van der Waals surface area (Å²) >= 11 is 0. The second kappa shape index (κ2) is 4.93. The topological polar surface area (TPSA) is 40.5 Å². The third-order valence-electron chi connectivity index (χ3n) is 4.40. The fourth-order valence-corrected chi connectivity index (χ4v) is 3.42. The number of aryl methyl sites for hydroxylation is 1. The minimum Gasteiger partial charge on any atom is -0.481 e. The largest absolute Gasteiger partial charge is 0.481 e. The smallest absolute Gasteiger partial charge is 0.307 e. The number of halogens is 1. The molecule has 0 spiro atoms. The molecule has 2 atom stereocenters. The van der Waals surface area contributed by atoms with Gasteiger partial charge in [0.15, 0.2) is 0 Å². The van der Waals surface area contributed by atoms with E-state index in [-0.39, 0.29) is 17.8 Å². The fourth-order valence-electron chi connectivity index (χ4n) is 3.42. The lowest BCUT2D eigenvalue weighted by molar-refractivity contribution is -0.144. The van der Waals surface area contributed by atoms with Gasteiger partial charge in [-0.3, -0.25) is 9.69 Å². The van der Waals surface area contributed by atoms with Crippen LogP contribution < -0.4 is 0 Å². The molecular weight excluding hydrogens is 245 g/mol. The molecule has 1 saturated heterocycles. The summed E-state index contributed by atoms with van der Waals surface area (Å²) in [4.78, 5) is 13.4. The molecule has 1 aromatic rings. The van der Waals surface area contributed by atoms with Crippen LogP contribution in [0.3, 0.4) is 0 Å². The van der Waals surface area contributed by atoms with Crippen LogP contribution in [0, 0.1) is 11.7 Å². The van der Waals surface area contributed by atoms with Gasteiger partial charge in [-0.1, -0.05) is 6.07 Å². The van der Waals surface area contributed by atoms with Crippen LogP contribution in [0.15, 0.2) is 18.2 Å². The number of nitrogens with zero attached hydrogens (tertiary/aromatic N) is 1. The number of aliphatic carboxylic acids is 1. The highest BCUT2D eigenvalue weighted by molar-refractivity contribution is 5.70. The third-order valence-corrected chi connectivity index (χ3v) is 4.40. The Labute approximate surface area is 112 Å². The molecule has 4 heteroatoms. The van der Waals surface area contributed by atoms with Crippen LogP contribution in [-0.4, -0.2) is 29.1 Å². The van der Waals surface area contributed by atoms with Crippen molar-refractivity contribution in [1.82, 2.24) is 4.90 Å². The van der Waals surface area contributed by atoms with Crippen molar-refractivity contribution in [3.63, 3.8) is 0 Å². The van der Waals surface area contributed by atoms with Crippen molar-refractivity contribution in [2.75, 3.05) is 13.1 Å². The van der Waals surface area contributed by atoms with Crippen molar-refractivity contribution < 1.29 is 14.3 Å². The highest BCUT2D eigenvalue weighted by Gasteiger charge is 2.33. The molecule has 2 unspecified atom stereocenters. The molecule has 1 aromatic carbocycles. The Morgan fingerprint density at radius 3 is 3.00 bits per heavy atom. The summed E-state index contributed by atoms with van der Waals surface area (Å²) in [6.45, 7) is 1.51. The Morgan fingerprint density at radius 1 is 1.37 bits per heavy atom. The van der Waals surface area contributed by atoms with E-state index in [2.05, 4.69) is 4.90 Å². The summed E-state index contributed by atoms with van der Waals surface area (Å²) in [5.74, 6) is -1.18. The summed E-state index contributed by atoms with van der Waals surface area (Å²) in [6.07, 6.45) is 3.62. The normalized spacial score (nSPS) is 27.2. The van der Waals surface area contributed by atoms with E-state index in [9.17, 15) is 9.18 Å². The highest BCUT2D eigenvalue weighted by atomic mass is 19.1. The van der Waals surface area contributed by atoms with Crippen LogP contribution in [0.4, 0.5) is 4.39 Å². The van der Waals surface area contributed by atoms with E-state index in [0.29, 0.717) is 6.54 Å². The lowest BCUT2D eigenvalue weighted by atomic mass is 9.95. The maximum absolute atomic E-state index is 13.4. The zero-order valence-electron chi connectivity index (χ0n) is 10.8. The summed E-state index contributed by atoms with van der Waals surface area (Å²) in [7, 11) is 0. The van der Waals surface area contributed by atoms with Gasteiger partial charge in [-0.2, -0.15) is 0 Å². The molecule has 1 aliphatic carbocycles. The average molecular weight is 263 g/mol. The number of benzene rings is 1. The average Bonchev–Trinajstić information content (AvgIpc) is 2.81. The van der Waals surface area contributed by atoms with E-state index in [1.54, 1.807) is 6.07 Å². The molecule has 0 aromatic heterocycles. The summed E-state index contributed by atoms with van der Waals surface area (Å²) in [5, 5.41) is 9.15. The number of carboxylic acid groups (broad SMARTS) is 1. The first-order valence-electron chi connectivity index (χ1n) is 6.90. The molecule has 3 nitrogen and oxygen atoms in total. The second-order valence-electron chi connectivity index (χ2n) is 5.57. The number of piperidine rings is 1. The van der Waals surface area contributed by atoms with Crippen LogP contribution >= 0.6 is 0 Å². The molecule has 1 heterocycles. The quantitative estimate of drug-likeness (QED) is 0.891. The lowest BCUT2D eigenvalue weighted by Crippen LogP contribution is -2.40. The van der Waals surface area contributed by atoms with Crippen LogP contribution in [0.25, 0.3) is 0 Å². The molecule has 1 fully saturated rings. The number of carboxylic acids is 1. The maximum atomic E-state index is 13.4. The predicted molar refractivity (Wildman–Crippen MR) is 69.4 cm³/mol. The zero-order chi connectivity index (χ0) is 13.4. The molecule has 0 saturated carbocycles. The summed E-state index contributed by atoms with van der Waals surface area (Å²) in [5.41, 5.74) is 2.27. The number of carbonyl (C=O) groups is 1. The van der Waals surface area contributed by atoms with Gasteiger partial charge in [-0.25, -0.2) is 4.39 Å². The Kier molecular flexibility index (Phi) is 3.27. The van der Waals surface area contributed by atoms with Gasteiger partial charge in [0.05, 0.1) is 5.92 Å². The zero-order valence-corrected chi connectivity index (χ0v) is 10.8. The van der Waals surface area contributed by atoms with Crippen molar-refractivity contribution in [2.24, 2.45) is 5.92 Å². The minimum atomic E-state index is -0.706. The summed E-state index contributed by atoms with van der Waals surface area (Å²) < 4.78 is 13.4. The van der Waals surface area contributed by atoms with Gasteiger partial charge in [-0.05, 0) is 55.5 Å². The lowest BCUT2D eigenvalue weighted by Gasteiger charge is -2.35. The van der Waals surface area contributed by atoms with Crippen molar-refractivity contribution in [3.05, 3.63) is 35.1 Å². The van der Waals surface area contributed by atoms with Crippen molar-refractivity contribution >= 4 is 5.97 Å². The van der Waals surface area contributed by atoms with Crippen molar-refractivity contribution in [2.45, 2.75) is 31.7 Å². The number of likely N-dealkylation sites (tertiary alicyclic amines) is 1. The van der Waals surface area contributed by atoms with E-state index in [4.69, 9.17) is 5.11 Å². The SMILES string of the molecule is O=C(O)C1CCCN(C2CCc3ccc(F)cc32)C1. The highest BCUT2D eigenvalue weighted by Crippen LogP contribution is 2.38. The molecule has 0 amide bonds. The van der Waals surface area contributed by atoms with Crippen LogP contribution in [0.2, 0.25) is 0 Å². The van der Waals surface area contributed by atoms with Crippen LogP contribution in [-0.2, 0) is 11.2 Å². The standard InChI is InChI=1S/C15H18FNO2/c16-12-5-3-10-4-6-14(13(10)8-12)17-7-1-2-11(9-17)15(18)19/h3,5,8,11,14H,1-2,4,6-7,9H2,(H,18,19). The Morgan fingerprint density at radius 2 is 2.21 bits per heavy atom. The first kappa shape index (κ1) is 12.6. The van der Waals surface area contributed by atoms with Gasteiger partial charge < -0.3 is 5.11 Å². The molecule has 1 aliphatic heterocycles.